The number of methoxy groups -OCH3 is 1. The fourth-order valence-electron chi connectivity index (χ4n) is 4.05. The van der Waals surface area contributed by atoms with E-state index in [0.717, 1.165) is 36.4 Å². The van der Waals surface area contributed by atoms with Gasteiger partial charge >= 0.3 is 0 Å². The molecule has 6 heteroatoms. The lowest BCUT2D eigenvalue weighted by molar-refractivity contribution is -0.116. The van der Waals surface area contributed by atoms with E-state index in [1.54, 1.807) is 7.11 Å². The summed E-state index contributed by atoms with van der Waals surface area (Å²) in [5.74, 6) is 0.453. The molecule has 4 rings (SSSR count). The summed E-state index contributed by atoms with van der Waals surface area (Å²) in [6.45, 7) is 2.15. The maximum absolute atomic E-state index is 13.1. The molecule has 1 fully saturated rings. The number of fused-ring (bicyclic) bond motifs is 1. The highest BCUT2D eigenvalue weighted by molar-refractivity contribution is 8.00. The van der Waals surface area contributed by atoms with Crippen LogP contribution in [-0.4, -0.2) is 55.3 Å². The van der Waals surface area contributed by atoms with Crippen LogP contribution < -0.4 is 4.90 Å². The van der Waals surface area contributed by atoms with Crippen LogP contribution in [-0.2, 0) is 16.0 Å². The zero-order valence-corrected chi connectivity index (χ0v) is 17.5. The number of benzene rings is 2. The number of rotatable bonds is 5. The van der Waals surface area contributed by atoms with Crippen LogP contribution in [0.1, 0.15) is 28.8 Å². The van der Waals surface area contributed by atoms with Crippen molar-refractivity contribution in [1.29, 1.82) is 0 Å². The van der Waals surface area contributed by atoms with E-state index in [4.69, 9.17) is 4.74 Å². The molecule has 0 unspecified atom stereocenters. The zero-order chi connectivity index (χ0) is 20.2. The topological polar surface area (TPSA) is 49.9 Å². The van der Waals surface area contributed by atoms with E-state index in [1.165, 1.54) is 17.3 Å². The van der Waals surface area contributed by atoms with Crippen molar-refractivity contribution in [3.63, 3.8) is 0 Å². The van der Waals surface area contributed by atoms with Crippen LogP contribution in [0.4, 0.5) is 5.69 Å². The van der Waals surface area contributed by atoms with Crippen molar-refractivity contribution >= 4 is 29.3 Å². The highest BCUT2D eigenvalue weighted by Crippen LogP contribution is 2.30. The monoisotopic (exact) mass is 410 g/mol. The molecule has 0 aliphatic carbocycles. The Bertz CT molecular complexity index is 893. The number of ether oxygens (including phenoxy) is 1. The van der Waals surface area contributed by atoms with Crippen molar-refractivity contribution in [2.24, 2.45) is 0 Å². The summed E-state index contributed by atoms with van der Waals surface area (Å²) >= 11 is 1.45. The van der Waals surface area contributed by atoms with Crippen molar-refractivity contribution in [2.45, 2.75) is 30.3 Å². The fraction of sp³-hybridized carbons (Fsp3) is 0.391. The van der Waals surface area contributed by atoms with Crippen LogP contribution in [0.2, 0.25) is 0 Å². The number of hydrogen-bond acceptors (Lipinski definition) is 4. The number of amides is 2. The van der Waals surface area contributed by atoms with Gasteiger partial charge in [-0.3, -0.25) is 9.59 Å². The average Bonchev–Trinajstić information content (AvgIpc) is 3.21. The van der Waals surface area contributed by atoms with Crippen molar-refractivity contribution in [3.8, 4) is 0 Å². The number of nitrogens with zero attached hydrogens (tertiary/aromatic N) is 2. The van der Waals surface area contributed by atoms with Crippen LogP contribution in [0.5, 0.6) is 0 Å². The molecule has 2 aliphatic rings. The first-order chi connectivity index (χ1) is 14.2. The number of anilines is 1. The molecule has 0 N–H and O–H groups in total. The third kappa shape index (κ3) is 4.33. The molecule has 0 bridgehead atoms. The Morgan fingerprint density at radius 2 is 1.76 bits per heavy atom. The van der Waals surface area contributed by atoms with Gasteiger partial charge in [-0.05, 0) is 43.0 Å². The van der Waals surface area contributed by atoms with Gasteiger partial charge < -0.3 is 14.5 Å². The van der Waals surface area contributed by atoms with Crippen molar-refractivity contribution < 1.29 is 14.3 Å². The van der Waals surface area contributed by atoms with Crippen LogP contribution in [0, 0.1) is 0 Å². The zero-order valence-electron chi connectivity index (χ0n) is 16.7. The summed E-state index contributed by atoms with van der Waals surface area (Å²) in [6.07, 6.45) is 2.87. The minimum Gasteiger partial charge on any atom is -0.381 e. The van der Waals surface area contributed by atoms with Gasteiger partial charge in [-0.1, -0.05) is 30.3 Å². The molecule has 0 aromatic heterocycles. The van der Waals surface area contributed by atoms with Crippen LogP contribution in [0.3, 0.4) is 0 Å². The number of carbonyl (C=O) groups excluding carboxylic acids is 2. The highest BCUT2D eigenvalue weighted by Gasteiger charge is 2.27. The van der Waals surface area contributed by atoms with Gasteiger partial charge in [-0.2, -0.15) is 0 Å². The molecule has 5 nitrogen and oxygen atoms in total. The molecular weight excluding hydrogens is 384 g/mol. The van der Waals surface area contributed by atoms with E-state index < -0.39 is 0 Å². The number of para-hydroxylation sites is 1. The summed E-state index contributed by atoms with van der Waals surface area (Å²) in [4.78, 5) is 30.5. The van der Waals surface area contributed by atoms with Crippen molar-refractivity contribution in [3.05, 3.63) is 59.7 Å². The number of piperidine rings is 1. The second kappa shape index (κ2) is 9.01. The van der Waals surface area contributed by atoms with Gasteiger partial charge in [0.15, 0.2) is 0 Å². The predicted octanol–water partition coefficient (Wildman–Crippen LogP) is 3.62. The van der Waals surface area contributed by atoms with E-state index in [-0.39, 0.29) is 17.9 Å². The van der Waals surface area contributed by atoms with Crippen LogP contribution >= 0.6 is 11.8 Å². The largest absolute Gasteiger partial charge is 0.381 e. The molecule has 1 saturated heterocycles. The molecular formula is C23H26N2O3S. The van der Waals surface area contributed by atoms with Crippen LogP contribution in [0.25, 0.3) is 0 Å². The molecule has 0 saturated carbocycles. The van der Waals surface area contributed by atoms with E-state index in [2.05, 4.69) is 6.07 Å². The summed E-state index contributed by atoms with van der Waals surface area (Å²) in [7, 11) is 1.73. The van der Waals surface area contributed by atoms with Crippen molar-refractivity contribution in [1.82, 2.24) is 4.90 Å². The maximum atomic E-state index is 13.1. The SMILES string of the molecule is COC1CCN(C(=O)c2ccccc2SCC(=O)N2CCc3ccccc32)CC1. The van der Waals surface area contributed by atoms with Gasteiger partial charge in [-0.15, -0.1) is 11.8 Å². The predicted molar refractivity (Wildman–Crippen MR) is 116 cm³/mol. The Kier molecular flexibility index (Phi) is 6.21. The molecule has 2 amide bonds. The summed E-state index contributed by atoms with van der Waals surface area (Å²) in [5, 5.41) is 0. The second-order valence-electron chi connectivity index (χ2n) is 7.44. The molecule has 0 spiro atoms. The third-order valence-corrected chi connectivity index (χ3v) is 6.78. The quantitative estimate of drug-likeness (QED) is 0.707. The summed E-state index contributed by atoms with van der Waals surface area (Å²) < 4.78 is 5.40. The number of thioether (sulfide) groups is 1. The first-order valence-electron chi connectivity index (χ1n) is 10.1. The smallest absolute Gasteiger partial charge is 0.254 e. The Labute approximate surface area is 176 Å². The minimum atomic E-state index is 0.0432. The van der Waals surface area contributed by atoms with Crippen LogP contribution in [0.15, 0.2) is 53.4 Å². The minimum absolute atomic E-state index is 0.0432. The second-order valence-corrected chi connectivity index (χ2v) is 8.45. The van der Waals surface area contributed by atoms with Gasteiger partial charge in [0.1, 0.15) is 0 Å². The van der Waals surface area contributed by atoms with E-state index in [9.17, 15) is 9.59 Å². The standard InChI is InChI=1S/C23H26N2O3S/c1-28-18-11-13-24(14-12-18)23(27)19-7-3-5-9-21(19)29-16-22(26)25-15-10-17-6-2-4-8-20(17)25/h2-9,18H,10-16H2,1H3. The summed E-state index contributed by atoms with van der Waals surface area (Å²) in [5.41, 5.74) is 2.92. The lowest BCUT2D eigenvalue weighted by Gasteiger charge is -2.31. The van der Waals surface area contributed by atoms with Crippen molar-refractivity contribution in [2.75, 3.05) is 37.4 Å². The Morgan fingerprint density at radius 1 is 1.03 bits per heavy atom. The molecule has 152 valence electrons. The maximum Gasteiger partial charge on any atom is 0.254 e. The number of hydrogen-bond donors (Lipinski definition) is 0. The Morgan fingerprint density at radius 3 is 2.55 bits per heavy atom. The molecule has 2 heterocycles. The Balaban J connectivity index is 1.41. The molecule has 2 aliphatic heterocycles. The van der Waals surface area contributed by atoms with Gasteiger partial charge in [0.25, 0.3) is 5.91 Å². The summed E-state index contributed by atoms with van der Waals surface area (Å²) in [6, 6.07) is 15.7. The highest BCUT2D eigenvalue weighted by atomic mass is 32.2. The van der Waals surface area contributed by atoms with Gasteiger partial charge in [0, 0.05) is 37.3 Å². The van der Waals surface area contributed by atoms with Gasteiger partial charge in [0.05, 0.1) is 17.4 Å². The number of likely N-dealkylation sites (tertiary alicyclic amines) is 1. The lowest BCUT2D eigenvalue weighted by Crippen LogP contribution is -2.40. The van der Waals surface area contributed by atoms with Gasteiger partial charge in [-0.25, -0.2) is 0 Å². The lowest BCUT2D eigenvalue weighted by atomic mass is 10.1. The normalized spacial score (nSPS) is 16.7. The average molecular weight is 411 g/mol. The number of carbonyl (C=O) groups is 2. The van der Waals surface area contributed by atoms with Gasteiger partial charge in [0.2, 0.25) is 5.91 Å². The fourth-order valence-corrected chi connectivity index (χ4v) is 4.97. The van der Waals surface area contributed by atoms with E-state index >= 15 is 0 Å². The molecule has 2 aromatic rings. The van der Waals surface area contributed by atoms with E-state index in [1.807, 2.05) is 52.3 Å². The first kappa shape index (κ1) is 20.0. The molecule has 0 atom stereocenters. The molecule has 29 heavy (non-hydrogen) atoms. The first-order valence-corrected chi connectivity index (χ1v) is 11.1. The Hall–Kier alpha value is -2.31. The molecule has 0 radical (unpaired) electrons. The third-order valence-electron chi connectivity index (χ3n) is 5.72. The molecule has 2 aromatic carbocycles. The van der Waals surface area contributed by atoms with E-state index in [0.29, 0.717) is 24.4 Å².